The molecule has 1 aromatic rings. The van der Waals surface area contributed by atoms with Gasteiger partial charge in [0.25, 0.3) is 0 Å². The second-order valence-corrected chi connectivity index (χ2v) is 11.4. The van der Waals surface area contributed by atoms with Crippen molar-refractivity contribution in [1.29, 1.82) is 0 Å². The fraction of sp³-hybridized carbons (Fsp3) is 0.143. The average molecular weight is 428 g/mol. The number of hydrogen-bond acceptors (Lipinski definition) is 6. The summed E-state index contributed by atoms with van der Waals surface area (Å²) < 4.78 is -2.83. The van der Waals surface area contributed by atoms with Gasteiger partial charge in [-0.3, -0.25) is 0 Å². The first-order chi connectivity index (χ1) is 7.91. The molecule has 0 fully saturated rings. The summed E-state index contributed by atoms with van der Waals surface area (Å²) in [7, 11) is 0. The maximum absolute atomic E-state index is 10.7. The van der Waals surface area contributed by atoms with Crippen molar-refractivity contribution >= 4 is 3.07 Å². The van der Waals surface area contributed by atoms with Crippen molar-refractivity contribution in [2.24, 2.45) is 0 Å². The standard InChI is InChI=1S/C6H5.CN3O6.Hg/c1-2-4-6-5-3-1;5-2(6)1(3(7)8)4(9)10;/h1-5H;;. The van der Waals surface area contributed by atoms with Gasteiger partial charge in [0.05, 0.1) is 0 Å². The predicted molar refractivity (Wildman–Crippen MR) is 49.8 cm³/mol. The molecule has 0 aliphatic carbocycles. The molecule has 0 amide bonds. The predicted octanol–water partition coefficient (Wildman–Crippen LogP) is -0.164. The Kier molecular flexibility index (Phi) is 4.04. The van der Waals surface area contributed by atoms with E-state index in [0.29, 0.717) is 3.07 Å². The Morgan fingerprint density at radius 3 is 1.65 bits per heavy atom. The molecule has 1 aromatic carbocycles. The fourth-order valence-electron chi connectivity index (χ4n) is 1.26. The topological polar surface area (TPSA) is 129 Å². The molecule has 0 aliphatic rings. The second kappa shape index (κ2) is 5.12. The summed E-state index contributed by atoms with van der Waals surface area (Å²) in [5.41, 5.74) is 0. The fourth-order valence-corrected chi connectivity index (χ4v) is 6.87. The van der Waals surface area contributed by atoms with Crippen molar-refractivity contribution in [2.45, 2.75) is 3.30 Å². The van der Waals surface area contributed by atoms with Gasteiger partial charge in [-0.15, -0.1) is 0 Å². The number of rotatable bonds is 5. The Bertz CT molecular complexity index is 428. The van der Waals surface area contributed by atoms with E-state index in [1.165, 1.54) is 12.1 Å². The molecule has 10 heteroatoms. The SMILES string of the molecule is O=[N+]([O-])[C]([Hg][c]1ccccc1)([N+](=O)[O-])[N+](=O)[O-]. The molecule has 0 radical (unpaired) electrons. The van der Waals surface area contributed by atoms with Crippen LogP contribution in [-0.2, 0) is 24.6 Å². The van der Waals surface area contributed by atoms with Crippen LogP contribution in [0.2, 0.25) is 0 Å². The van der Waals surface area contributed by atoms with E-state index in [0.717, 1.165) is 0 Å². The molecule has 0 unspecified atom stereocenters. The molecule has 0 aromatic heterocycles. The molecule has 0 saturated carbocycles. The van der Waals surface area contributed by atoms with E-state index in [4.69, 9.17) is 0 Å². The molecule has 0 N–H and O–H groups in total. The Hall–Kier alpha value is -1.64. The first-order valence-corrected chi connectivity index (χ1v) is 9.88. The van der Waals surface area contributed by atoms with Crippen molar-refractivity contribution < 1.29 is 39.3 Å². The molecule has 9 nitrogen and oxygen atoms in total. The zero-order valence-electron chi connectivity index (χ0n) is 8.38. The summed E-state index contributed by atoms with van der Waals surface area (Å²) >= 11 is -3.21. The van der Waals surface area contributed by atoms with Crippen LogP contribution < -0.4 is 3.07 Å². The van der Waals surface area contributed by atoms with Crippen molar-refractivity contribution in [3.63, 3.8) is 0 Å². The molecule has 0 spiro atoms. The van der Waals surface area contributed by atoms with Gasteiger partial charge >= 0.3 is 106 Å². The molecule has 17 heavy (non-hydrogen) atoms. The number of hydrogen-bond donors (Lipinski definition) is 0. The van der Waals surface area contributed by atoms with E-state index < -0.39 is 42.6 Å². The van der Waals surface area contributed by atoms with Crippen molar-refractivity contribution in [3.8, 4) is 0 Å². The monoisotopic (exact) mass is 429 g/mol. The Morgan fingerprint density at radius 1 is 0.882 bits per heavy atom. The van der Waals surface area contributed by atoms with Crippen LogP contribution >= 0.6 is 0 Å². The normalized spacial score (nSPS) is 10.4. The first-order valence-electron chi connectivity index (χ1n) is 4.38. The van der Waals surface area contributed by atoms with Gasteiger partial charge in [-0.25, -0.2) is 0 Å². The van der Waals surface area contributed by atoms with Gasteiger partial charge in [-0.2, -0.15) is 0 Å². The van der Waals surface area contributed by atoms with Crippen LogP contribution in [0.4, 0.5) is 0 Å². The van der Waals surface area contributed by atoms with Crippen molar-refractivity contribution in [2.75, 3.05) is 0 Å². The summed E-state index contributed by atoms with van der Waals surface area (Å²) in [5.74, 6) is 0. The molecular weight excluding hydrogens is 423 g/mol. The second-order valence-electron chi connectivity index (χ2n) is 3.21. The van der Waals surface area contributed by atoms with E-state index >= 15 is 0 Å². The quantitative estimate of drug-likeness (QED) is 0.278. The third-order valence-corrected chi connectivity index (χ3v) is 10.4. The van der Waals surface area contributed by atoms with Gasteiger partial charge in [0, 0.05) is 0 Å². The third-order valence-electron chi connectivity index (χ3n) is 2.16. The zero-order valence-corrected chi connectivity index (χ0v) is 13.9. The number of benzene rings is 1. The van der Waals surface area contributed by atoms with Crippen LogP contribution in [0.15, 0.2) is 30.3 Å². The van der Waals surface area contributed by atoms with Crippen molar-refractivity contribution in [1.82, 2.24) is 0 Å². The summed E-state index contributed by atoms with van der Waals surface area (Å²) in [6, 6.07) is 7.61. The summed E-state index contributed by atoms with van der Waals surface area (Å²) in [6.45, 7) is 0. The maximum atomic E-state index is 10.7. The van der Waals surface area contributed by atoms with Gasteiger partial charge in [-0.1, -0.05) is 0 Å². The van der Waals surface area contributed by atoms with Crippen LogP contribution in [0.3, 0.4) is 0 Å². The Morgan fingerprint density at radius 2 is 1.29 bits per heavy atom. The molecule has 0 aliphatic heterocycles. The average Bonchev–Trinajstić information content (AvgIpc) is 2.25. The van der Waals surface area contributed by atoms with E-state index in [-0.39, 0.29) is 0 Å². The molecule has 1 rings (SSSR count). The van der Waals surface area contributed by atoms with E-state index in [9.17, 15) is 30.3 Å². The summed E-state index contributed by atoms with van der Waals surface area (Å²) in [5, 5.41) is 32.1. The van der Waals surface area contributed by atoms with Crippen molar-refractivity contribution in [3.05, 3.63) is 60.7 Å². The molecular formula is C7H5HgN3O6. The van der Waals surface area contributed by atoms with Crippen LogP contribution in [0.25, 0.3) is 0 Å². The molecule has 0 saturated heterocycles. The zero-order chi connectivity index (χ0) is 13.1. The number of nitro groups is 3. The number of nitrogens with zero attached hydrogens (tertiary/aromatic N) is 3. The minimum atomic E-state index is -3.21. The van der Waals surface area contributed by atoms with Crippen LogP contribution in [0, 0.1) is 30.3 Å². The van der Waals surface area contributed by atoms with Gasteiger partial charge in [0.1, 0.15) is 0 Å². The summed E-state index contributed by atoms with van der Waals surface area (Å²) in [6.07, 6.45) is 0. The molecule has 0 heterocycles. The van der Waals surface area contributed by atoms with Gasteiger partial charge in [-0.05, 0) is 0 Å². The Labute approximate surface area is 106 Å². The van der Waals surface area contributed by atoms with E-state index in [2.05, 4.69) is 0 Å². The molecule has 86 valence electrons. The van der Waals surface area contributed by atoms with E-state index in [1.807, 2.05) is 0 Å². The molecule has 0 bridgehead atoms. The van der Waals surface area contributed by atoms with Crippen LogP contribution in [-0.4, -0.2) is 18.1 Å². The minimum absolute atomic E-state index is 0.373. The van der Waals surface area contributed by atoms with E-state index in [1.54, 1.807) is 18.2 Å². The third kappa shape index (κ3) is 2.54. The van der Waals surface area contributed by atoms with Gasteiger partial charge in [0.15, 0.2) is 0 Å². The van der Waals surface area contributed by atoms with Gasteiger partial charge in [0.2, 0.25) is 0 Å². The first kappa shape index (κ1) is 13.4. The van der Waals surface area contributed by atoms with Crippen LogP contribution in [0.5, 0.6) is 0 Å². The summed E-state index contributed by atoms with van der Waals surface area (Å²) in [4.78, 5) is 27.9. The van der Waals surface area contributed by atoms with Crippen LogP contribution in [0.1, 0.15) is 0 Å². The van der Waals surface area contributed by atoms with Gasteiger partial charge < -0.3 is 0 Å². The molecule has 0 atom stereocenters. The Balaban J connectivity index is 3.21.